The molecule has 1 aliphatic rings. The number of benzene rings is 1. The Morgan fingerprint density at radius 2 is 1.88 bits per heavy atom. The zero-order valence-corrected chi connectivity index (χ0v) is 18.8. The molecule has 148 valence electrons. The van der Waals surface area contributed by atoms with Crippen LogP contribution < -0.4 is 10.6 Å². The molecule has 1 saturated heterocycles. The van der Waals surface area contributed by atoms with Gasteiger partial charge in [-0.15, -0.1) is 24.0 Å². The molecule has 0 aromatic heterocycles. The molecule has 1 aromatic carbocycles. The fraction of sp³-hybridized carbons (Fsp3) is 0.611. The lowest BCUT2D eigenvalue weighted by molar-refractivity contribution is 0.198. The molecule has 0 spiro atoms. The van der Waals surface area contributed by atoms with E-state index in [4.69, 9.17) is 0 Å². The second-order valence-corrected chi connectivity index (χ2v) is 8.83. The molecule has 0 unspecified atom stereocenters. The zero-order chi connectivity index (χ0) is 18.1. The van der Waals surface area contributed by atoms with Crippen LogP contribution in [0.3, 0.4) is 0 Å². The molecule has 0 amide bonds. The summed E-state index contributed by atoms with van der Waals surface area (Å²) in [7, 11) is -2.97. The minimum Gasteiger partial charge on any atom is -0.357 e. The number of nitrogens with zero attached hydrogens (tertiary/aromatic N) is 2. The van der Waals surface area contributed by atoms with Gasteiger partial charge in [-0.2, -0.15) is 0 Å². The van der Waals surface area contributed by atoms with E-state index in [0.29, 0.717) is 18.5 Å². The third-order valence-electron chi connectivity index (χ3n) is 4.25. The maximum Gasteiger partial charge on any atom is 0.191 e. The number of hydrogen-bond acceptors (Lipinski definition) is 4. The maximum atomic E-state index is 11.2. The van der Waals surface area contributed by atoms with E-state index in [0.717, 1.165) is 39.0 Å². The Balaban J connectivity index is 0.00000338. The number of halogens is 1. The molecule has 8 heteroatoms. The van der Waals surface area contributed by atoms with Gasteiger partial charge in [0.05, 0.1) is 12.3 Å². The smallest absolute Gasteiger partial charge is 0.191 e. The molecule has 0 radical (unpaired) electrons. The number of rotatable bonds is 7. The van der Waals surface area contributed by atoms with Crippen LogP contribution in [0.25, 0.3) is 0 Å². The summed E-state index contributed by atoms with van der Waals surface area (Å²) >= 11 is 0. The summed E-state index contributed by atoms with van der Waals surface area (Å²) in [4.78, 5) is 6.85. The van der Waals surface area contributed by atoms with Crippen molar-refractivity contribution in [1.29, 1.82) is 0 Å². The first-order chi connectivity index (χ1) is 12.0. The summed E-state index contributed by atoms with van der Waals surface area (Å²) in [5, 5.41) is 6.64. The second kappa shape index (κ2) is 11.8. The van der Waals surface area contributed by atoms with Crippen LogP contribution in [0.15, 0.2) is 35.3 Å². The number of nitrogens with one attached hydrogen (secondary N) is 2. The van der Waals surface area contributed by atoms with E-state index >= 15 is 0 Å². The van der Waals surface area contributed by atoms with Crippen LogP contribution in [0.2, 0.25) is 0 Å². The highest BCUT2D eigenvalue weighted by Crippen LogP contribution is 2.13. The Morgan fingerprint density at radius 3 is 2.46 bits per heavy atom. The molecule has 1 aromatic rings. The Kier molecular flexibility index (Phi) is 10.5. The number of sulfone groups is 1. The largest absolute Gasteiger partial charge is 0.357 e. The Labute approximate surface area is 174 Å². The molecule has 1 fully saturated rings. The highest BCUT2D eigenvalue weighted by molar-refractivity contribution is 14.0. The van der Waals surface area contributed by atoms with Crippen molar-refractivity contribution in [1.82, 2.24) is 15.5 Å². The molecular weight excluding hydrogens is 463 g/mol. The van der Waals surface area contributed by atoms with Crippen molar-refractivity contribution >= 4 is 39.8 Å². The average Bonchev–Trinajstić information content (AvgIpc) is 2.56. The molecular formula is C18H31IN4O2S. The molecule has 2 N–H and O–H groups in total. The van der Waals surface area contributed by atoms with Gasteiger partial charge in [0.15, 0.2) is 5.96 Å². The molecule has 1 aliphatic heterocycles. The second-order valence-electron chi connectivity index (χ2n) is 6.57. The third-order valence-corrected chi connectivity index (χ3v) is 5.18. The van der Waals surface area contributed by atoms with Gasteiger partial charge in [-0.05, 0) is 25.3 Å². The molecule has 0 saturated carbocycles. The van der Waals surface area contributed by atoms with Crippen LogP contribution >= 0.6 is 24.0 Å². The minimum atomic E-state index is -2.97. The third kappa shape index (κ3) is 9.18. The van der Waals surface area contributed by atoms with E-state index in [9.17, 15) is 8.42 Å². The molecule has 6 nitrogen and oxygen atoms in total. The number of piperidine rings is 1. The first-order valence-electron chi connectivity index (χ1n) is 8.95. The lowest BCUT2D eigenvalue weighted by atomic mass is 10.0. The minimum absolute atomic E-state index is 0. The molecule has 2 rings (SSSR count). The quantitative estimate of drug-likeness (QED) is 0.344. The van der Waals surface area contributed by atoms with Crippen LogP contribution in [0.4, 0.5) is 0 Å². The Bertz CT molecular complexity index is 644. The fourth-order valence-electron chi connectivity index (χ4n) is 2.91. The number of hydrogen-bond donors (Lipinski definition) is 2. The molecule has 0 bridgehead atoms. The van der Waals surface area contributed by atoms with E-state index in [1.54, 1.807) is 0 Å². The predicted molar refractivity (Wildman–Crippen MR) is 119 cm³/mol. The lowest BCUT2D eigenvalue weighted by Gasteiger charge is -2.33. The zero-order valence-electron chi connectivity index (χ0n) is 15.6. The molecule has 0 aliphatic carbocycles. The van der Waals surface area contributed by atoms with Gasteiger partial charge in [-0.1, -0.05) is 30.3 Å². The average molecular weight is 494 g/mol. The van der Waals surface area contributed by atoms with Crippen LogP contribution in [-0.2, 0) is 16.4 Å². The van der Waals surface area contributed by atoms with Gasteiger partial charge in [0.25, 0.3) is 0 Å². The van der Waals surface area contributed by atoms with Gasteiger partial charge in [0.2, 0.25) is 0 Å². The SMILES string of the molecule is CCNC(=NCCS(C)(=O)=O)NC1CCN(Cc2ccccc2)CC1.I. The van der Waals surface area contributed by atoms with E-state index in [2.05, 4.69) is 44.8 Å². The van der Waals surface area contributed by atoms with Gasteiger partial charge in [0, 0.05) is 38.5 Å². The van der Waals surface area contributed by atoms with Crippen molar-refractivity contribution in [2.75, 3.05) is 38.2 Å². The van der Waals surface area contributed by atoms with Crippen molar-refractivity contribution < 1.29 is 8.42 Å². The summed E-state index contributed by atoms with van der Waals surface area (Å²) in [6, 6.07) is 10.9. The van der Waals surface area contributed by atoms with E-state index in [1.165, 1.54) is 11.8 Å². The van der Waals surface area contributed by atoms with Crippen molar-refractivity contribution in [3.05, 3.63) is 35.9 Å². The summed E-state index contributed by atoms with van der Waals surface area (Å²) in [6.07, 6.45) is 3.36. The number of likely N-dealkylation sites (tertiary alicyclic amines) is 1. The van der Waals surface area contributed by atoms with Crippen LogP contribution in [0, 0.1) is 0 Å². The van der Waals surface area contributed by atoms with Crippen LogP contribution in [0.5, 0.6) is 0 Å². The van der Waals surface area contributed by atoms with Crippen molar-refractivity contribution in [3.8, 4) is 0 Å². The highest BCUT2D eigenvalue weighted by atomic mass is 127. The Hall–Kier alpha value is -0.870. The summed E-state index contributed by atoms with van der Waals surface area (Å²) in [5.41, 5.74) is 1.35. The van der Waals surface area contributed by atoms with Crippen molar-refractivity contribution in [3.63, 3.8) is 0 Å². The van der Waals surface area contributed by atoms with Crippen LogP contribution in [0.1, 0.15) is 25.3 Å². The standard InChI is InChI=1S/C18H30N4O2S.HI/c1-3-19-18(20-11-14-25(2,23)24)21-17-9-12-22(13-10-17)15-16-7-5-4-6-8-16;/h4-8,17H,3,9-15H2,1-2H3,(H2,19,20,21);1H. The summed E-state index contributed by atoms with van der Waals surface area (Å²) in [5.74, 6) is 0.798. The van der Waals surface area contributed by atoms with Crippen molar-refractivity contribution in [2.24, 2.45) is 4.99 Å². The monoisotopic (exact) mass is 494 g/mol. The normalized spacial score (nSPS) is 16.8. The van der Waals surface area contributed by atoms with Crippen molar-refractivity contribution in [2.45, 2.75) is 32.4 Å². The first-order valence-corrected chi connectivity index (χ1v) is 11.0. The number of guanidine groups is 1. The van der Waals surface area contributed by atoms with E-state index in [-0.39, 0.29) is 29.7 Å². The van der Waals surface area contributed by atoms with Gasteiger partial charge in [0.1, 0.15) is 9.84 Å². The van der Waals surface area contributed by atoms with E-state index in [1.807, 2.05) is 13.0 Å². The first kappa shape index (κ1) is 23.2. The van der Waals surface area contributed by atoms with Gasteiger partial charge >= 0.3 is 0 Å². The van der Waals surface area contributed by atoms with Gasteiger partial charge in [-0.25, -0.2) is 8.42 Å². The topological polar surface area (TPSA) is 73.8 Å². The molecule has 26 heavy (non-hydrogen) atoms. The fourth-order valence-corrected chi connectivity index (χ4v) is 3.34. The molecule has 0 atom stereocenters. The highest BCUT2D eigenvalue weighted by Gasteiger charge is 2.20. The summed E-state index contributed by atoms with van der Waals surface area (Å²) < 4.78 is 22.5. The Morgan fingerprint density at radius 1 is 1.23 bits per heavy atom. The summed E-state index contributed by atoms with van der Waals surface area (Å²) in [6.45, 7) is 6.16. The van der Waals surface area contributed by atoms with Crippen LogP contribution in [-0.4, -0.2) is 63.5 Å². The van der Waals surface area contributed by atoms with Gasteiger partial charge < -0.3 is 10.6 Å². The predicted octanol–water partition coefficient (Wildman–Crippen LogP) is 1.87. The van der Waals surface area contributed by atoms with Gasteiger partial charge in [-0.3, -0.25) is 9.89 Å². The molecule has 1 heterocycles. The maximum absolute atomic E-state index is 11.2. The lowest BCUT2D eigenvalue weighted by Crippen LogP contribution is -2.48. The number of aliphatic imine (C=N–C) groups is 1. The van der Waals surface area contributed by atoms with E-state index < -0.39 is 9.84 Å².